The maximum Gasteiger partial charge on any atom is 0.187 e. The number of rotatable bonds is 10. The van der Waals surface area contributed by atoms with E-state index in [2.05, 4.69) is 6.92 Å². The van der Waals surface area contributed by atoms with Gasteiger partial charge in [-0.15, -0.1) is 0 Å². The van der Waals surface area contributed by atoms with Crippen molar-refractivity contribution in [3.8, 4) is 5.75 Å². The molecule has 0 fully saturated rings. The maximum atomic E-state index is 12.5. The summed E-state index contributed by atoms with van der Waals surface area (Å²) >= 11 is 0. The van der Waals surface area contributed by atoms with Crippen LogP contribution in [-0.2, 0) is 6.42 Å². The summed E-state index contributed by atoms with van der Waals surface area (Å²) in [6.07, 6.45) is 5.84. The number of benzene rings is 2. The van der Waals surface area contributed by atoms with Crippen LogP contribution in [-0.4, -0.2) is 24.7 Å². The molecule has 138 valence electrons. The van der Waals surface area contributed by atoms with Gasteiger partial charge in [0.1, 0.15) is 11.8 Å². The Kier molecular flexibility index (Phi) is 7.54. The number of unbranched alkanes of at least 4 members (excludes halogenated alkanes) is 3. The molecular formula is C22H27NO3. The fourth-order valence-electron chi connectivity index (χ4n) is 2.83. The highest BCUT2D eigenvalue weighted by Crippen LogP contribution is 2.15. The Morgan fingerprint density at radius 2 is 1.42 bits per heavy atom. The highest BCUT2D eigenvalue weighted by molar-refractivity contribution is 6.19. The van der Waals surface area contributed by atoms with Crippen LogP contribution < -0.4 is 10.5 Å². The van der Waals surface area contributed by atoms with E-state index in [-0.39, 0.29) is 11.6 Å². The number of hydrogen-bond acceptors (Lipinski definition) is 4. The first kappa shape index (κ1) is 19.9. The van der Waals surface area contributed by atoms with Gasteiger partial charge in [0.05, 0.1) is 7.11 Å². The van der Waals surface area contributed by atoms with E-state index in [0.717, 1.165) is 12.8 Å². The number of hydrogen-bond donors (Lipinski definition) is 1. The Morgan fingerprint density at radius 3 is 1.92 bits per heavy atom. The fraction of sp³-hybridized carbons (Fsp3) is 0.364. The average Bonchev–Trinajstić information content (AvgIpc) is 2.70. The summed E-state index contributed by atoms with van der Waals surface area (Å²) < 4.78 is 5.07. The minimum atomic E-state index is -1.20. The Bertz CT molecular complexity index is 720. The predicted molar refractivity (Wildman–Crippen MR) is 104 cm³/mol. The molecular weight excluding hydrogens is 326 g/mol. The molecule has 0 aromatic heterocycles. The standard InChI is InChI=1S/C22H27NO3/c1-3-4-5-6-7-16-8-10-17(11-9-16)21(24)20(23)22(25)18-12-14-19(26-2)15-13-18/h8-15,20H,3-7,23H2,1-2H3. The van der Waals surface area contributed by atoms with Crippen LogP contribution in [0.25, 0.3) is 0 Å². The summed E-state index contributed by atoms with van der Waals surface area (Å²) in [4.78, 5) is 25.0. The van der Waals surface area contributed by atoms with E-state index in [9.17, 15) is 9.59 Å². The van der Waals surface area contributed by atoms with Gasteiger partial charge in [0.25, 0.3) is 0 Å². The number of nitrogens with two attached hydrogens (primary N) is 1. The van der Waals surface area contributed by atoms with Gasteiger partial charge in [0, 0.05) is 11.1 Å². The van der Waals surface area contributed by atoms with Crippen molar-refractivity contribution in [2.75, 3.05) is 7.11 Å². The lowest BCUT2D eigenvalue weighted by Crippen LogP contribution is -2.38. The third-order valence-electron chi connectivity index (χ3n) is 4.50. The number of ether oxygens (including phenoxy) is 1. The summed E-state index contributed by atoms with van der Waals surface area (Å²) in [6, 6.07) is 12.8. The molecule has 1 atom stereocenters. The van der Waals surface area contributed by atoms with Gasteiger partial charge in [-0.25, -0.2) is 0 Å². The first-order valence-electron chi connectivity index (χ1n) is 9.13. The molecule has 0 saturated carbocycles. The molecule has 0 amide bonds. The number of carbonyl (C=O) groups is 2. The van der Waals surface area contributed by atoms with Crippen LogP contribution in [0.15, 0.2) is 48.5 Å². The second-order valence-corrected chi connectivity index (χ2v) is 6.44. The molecule has 0 saturated heterocycles. The smallest absolute Gasteiger partial charge is 0.187 e. The van der Waals surface area contributed by atoms with Crippen molar-refractivity contribution in [3.05, 3.63) is 65.2 Å². The molecule has 0 aliphatic rings. The predicted octanol–water partition coefficient (Wildman–Crippen LogP) is 4.21. The molecule has 0 spiro atoms. The maximum absolute atomic E-state index is 12.5. The van der Waals surface area contributed by atoms with E-state index in [0.29, 0.717) is 16.9 Å². The molecule has 4 nitrogen and oxygen atoms in total. The topological polar surface area (TPSA) is 69.4 Å². The number of methoxy groups -OCH3 is 1. The first-order chi connectivity index (χ1) is 12.6. The van der Waals surface area contributed by atoms with Crippen molar-refractivity contribution in [3.63, 3.8) is 0 Å². The van der Waals surface area contributed by atoms with E-state index in [4.69, 9.17) is 10.5 Å². The van der Waals surface area contributed by atoms with Gasteiger partial charge in [-0.05, 0) is 42.7 Å². The van der Waals surface area contributed by atoms with Crippen molar-refractivity contribution in [1.82, 2.24) is 0 Å². The number of ketones is 2. The van der Waals surface area contributed by atoms with Gasteiger partial charge in [-0.2, -0.15) is 0 Å². The Labute approximate surface area is 155 Å². The molecule has 2 rings (SSSR count). The van der Waals surface area contributed by atoms with Crippen molar-refractivity contribution < 1.29 is 14.3 Å². The highest BCUT2D eigenvalue weighted by Gasteiger charge is 2.24. The van der Waals surface area contributed by atoms with E-state index in [1.54, 1.807) is 43.5 Å². The average molecular weight is 353 g/mol. The lowest BCUT2D eigenvalue weighted by Gasteiger charge is -2.11. The monoisotopic (exact) mass is 353 g/mol. The normalized spacial score (nSPS) is 11.8. The number of carbonyl (C=O) groups excluding carboxylic acids is 2. The van der Waals surface area contributed by atoms with Gasteiger partial charge < -0.3 is 10.5 Å². The number of Topliss-reactive ketones (excluding diaryl/α,β-unsaturated/α-hetero) is 2. The fourth-order valence-corrected chi connectivity index (χ4v) is 2.83. The van der Waals surface area contributed by atoms with Gasteiger partial charge in [0.15, 0.2) is 11.6 Å². The molecule has 1 unspecified atom stereocenters. The van der Waals surface area contributed by atoms with Crippen molar-refractivity contribution in [2.45, 2.75) is 45.1 Å². The van der Waals surface area contributed by atoms with E-state index >= 15 is 0 Å². The van der Waals surface area contributed by atoms with Gasteiger partial charge >= 0.3 is 0 Å². The summed E-state index contributed by atoms with van der Waals surface area (Å²) in [6.45, 7) is 2.19. The molecule has 2 N–H and O–H groups in total. The summed E-state index contributed by atoms with van der Waals surface area (Å²) in [5.41, 5.74) is 7.99. The lowest BCUT2D eigenvalue weighted by atomic mass is 9.96. The van der Waals surface area contributed by atoms with Crippen molar-refractivity contribution >= 4 is 11.6 Å². The van der Waals surface area contributed by atoms with Crippen LogP contribution in [0, 0.1) is 0 Å². The minimum Gasteiger partial charge on any atom is -0.497 e. The van der Waals surface area contributed by atoms with Gasteiger partial charge in [-0.1, -0.05) is 50.5 Å². The zero-order chi connectivity index (χ0) is 18.9. The zero-order valence-corrected chi connectivity index (χ0v) is 15.5. The summed E-state index contributed by atoms with van der Waals surface area (Å²) in [5.74, 6) is -0.0966. The highest BCUT2D eigenvalue weighted by atomic mass is 16.5. The molecule has 2 aromatic rings. The Balaban J connectivity index is 1.99. The molecule has 0 radical (unpaired) electrons. The quantitative estimate of drug-likeness (QED) is 0.395. The lowest BCUT2D eigenvalue weighted by molar-refractivity contribution is 0.0863. The zero-order valence-electron chi connectivity index (χ0n) is 15.5. The van der Waals surface area contributed by atoms with E-state index < -0.39 is 6.04 Å². The molecule has 0 aliphatic heterocycles. The minimum absolute atomic E-state index is 0.358. The van der Waals surface area contributed by atoms with E-state index in [1.807, 2.05) is 12.1 Å². The van der Waals surface area contributed by atoms with Crippen LogP contribution >= 0.6 is 0 Å². The van der Waals surface area contributed by atoms with Crippen molar-refractivity contribution in [2.24, 2.45) is 5.73 Å². The molecule has 0 aliphatic carbocycles. The molecule has 4 heteroatoms. The molecule has 0 bridgehead atoms. The summed E-state index contributed by atoms with van der Waals surface area (Å²) in [7, 11) is 1.56. The molecule has 2 aromatic carbocycles. The number of aryl methyl sites for hydroxylation is 1. The van der Waals surface area contributed by atoms with Crippen LogP contribution in [0.2, 0.25) is 0 Å². The first-order valence-corrected chi connectivity index (χ1v) is 9.13. The largest absolute Gasteiger partial charge is 0.497 e. The molecule has 26 heavy (non-hydrogen) atoms. The second-order valence-electron chi connectivity index (χ2n) is 6.44. The van der Waals surface area contributed by atoms with Gasteiger partial charge in [-0.3, -0.25) is 9.59 Å². The van der Waals surface area contributed by atoms with Crippen LogP contribution in [0.1, 0.15) is 58.9 Å². The molecule has 0 heterocycles. The van der Waals surface area contributed by atoms with Crippen LogP contribution in [0.5, 0.6) is 5.75 Å². The van der Waals surface area contributed by atoms with Crippen LogP contribution in [0.4, 0.5) is 0 Å². The van der Waals surface area contributed by atoms with Crippen LogP contribution in [0.3, 0.4) is 0 Å². The second kappa shape index (κ2) is 9.88. The SMILES string of the molecule is CCCCCCc1ccc(C(=O)C(N)C(=O)c2ccc(OC)cc2)cc1. The van der Waals surface area contributed by atoms with Crippen molar-refractivity contribution in [1.29, 1.82) is 0 Å². The third-order valence-corrected chi connectivity index (χ3v) is 4.50. The van der Waals surface area contributed by atoms with E-state index in [1.165, 1.54) is 24.8 Å². The third kappa shape index (κ3) is 5.27. The Morgan fingerprint density at radius 1 is 0.885 bits per heavy atom. The summed E-state index contributed by atoms with van der Waals surface area (Å²) in [5, 5.41) is 0. The Hall–Kier alpha value is -2.46. The van der Waals surface area contributed by atoms with Gasteiger partial charge in [0.2, 0.25) is 0 Å².